The Hall–Kier alpha value is -1.87. The largest absolute Gasteiger partial charge is 0.334 e. The average Bonchev–Trinajstić information content (AvgIpc) is 2.84. The Morgan fingerprint density at radius 3 is 2.76 bits per heavy atom. The van der Waals surface area contributed by atoms with Crippen LogP contribution in [0.1, 0.15) is 29.8 Å². The molecule has 1 aromatic heterocycles. The fourth-order valence-corrected chi connectivity index (χ4v) is 3.71. The molecule has 0 saturated heterocycles. The van der Waals surface area contributed by atoms with Crippen LogP contribution in [0.5, 0.6) is 0 Å². The molecule has 0 unspecified atom stereocenters. The summed E-state index contributed by atoms with van der Waals surface area (Å²) in [7, 11) is 0. The lowest BCUT2D eigenvalue weighted by Gasteiger charge is -2.15. The summed E-state index contributed by atoms with van der Waals surface area (Å²) in [6.45, 7) is 0.867. The van der Waals surface area contributed by atoms with E-state index < -0.39 is 0 Å². The first kappa shape index (κ1) is 12.8. The smallest absolute Gasteiger partial charge is 0.177 e. The minimum Gasteiger partial charge on any atom is -0.334 e. The number of H-pyrrole nitrogens is 1. The van der Waals surface area contributed by atoms with E-state index in [-0.39, 0.29) is 0 Å². The van der Waals surface area contributed by atoms with E-state index in [0.717, 1.165) is 24.2 Å². The van der Waals surface area contributed by atoms with E-state index in [0.29, 0.717) is 0 Å². The number of aromatic nitrogens is 2. The molecule has 1 heterocycles. The van der Waals surface area contributed by atoms with Gasteiger partial charge in [0.05, 0.1) is 6.54 Å². The lowest BCUT2D eigenvalue weighted by atomic mass is 10.0. The van der Waals surface area contributed by atoms with Gasteiger partial charge < -0.3 is 9.55 Å². The van der Waals surface area contributed by atoms with Gasteiger partial charge in [-0.3, -0.25) is 0 Å². The Morgan fingerprint density at radius 1 is 1.00 bits per heavy atom. The molecule has 0 fully saturated rings. The standard InChI is InChI=1S/C18H18N2S/c21-18-19-16-10-3-4-11-17(16)20(18)12-14-8-5-7-13-6-1-2-9-15(13)14/h1-2,5-9H,3-4,10-12H2,(H,19,21). The van der Waals surface area contributed by atoms with Gasteiger partial charge >= 0.3 is 0 Å². The van der Waals surface area contributed by atoms with Gasteiger partial charge in [-0.05, 0) is 54.2 Å². The third-order valence-electron chi connectivity index (χ3n) is 4.48. The zero-order valence-electron chi connectivity index (χ0n) is 11.9. The highest BCUT2D eigenvalue weighted by Gasteiger charge is 2.16. The maximum Gasteiger partial charge on any atom is 0.177 e. The molecule has 1 N–H and O–H groups in total. The van der Waals surface area contributed by atoms with Crippen LogP contribution in [0.15, 0.2) is 42.5 Å². The van der Waals surface area contributed by atoms with Crippen molar-refractivity contribution in [1.82, 2.24) is 9.55 Å². The zero-order valence-corrected chi connectivity index (χ0v) is 12.7. The molecular formula is C18H18N2S. The van der Waals surface area contributed by atoms with Crippen molar-refractivity contribution in [2.24, 2.45) is 0 Å². The fraction of sp³-hybridized carbons (Fsp3) is 0.278. The van der Waals surface area contributed by atoms with Gasteiger partial charge in [0.15, 0.2) is 4.77 Å². The van der Waals surface area contributed by atoms with Gasteiger partial charge in [0.25, 0.3) is 0 Å². The summed E-state index contributed by atoms with van der Waals surface area (Å²) in [6, 6.07) is 15.1. The van der Waals surface area contributed by atoms with Crippen molar-refractivity contribution in [2.45, 2.75) is 32.2 Å². The van der Waals surface area contributed by atoms with Gasteiger partial charge in [0, 0.05) is 11.4 Å². The molecule has 0 bridgehead atoms. The molecule has 3 heteroatoms. The summed E-state index contributed by atoms with van der Waals surface area (Å²) >= 11 is 5.55. The van der Waals surface area contributed by atoms with Crippen LogP contribution in [0.3, 0.4) is 0 Å². The van der Waals surface area contributed by atoms with Gasteiger partial charge in [-0.2, -0.15) is 0 Å². The Morgan fingerprint density at radius 2 is 1.81 bits per heavy atom. The number of fused-ring (bicyclic) bond motifs is 2. The molecule has 106 valence electrons. The minimum atomic E-state index is 0.867. The van der Waals surface area contributed by atoms with Crippen LogP contribution in [0.4, 0.5) is 0 Å². The molecule has 1 aliphatic rings. The van der Waals surface area contributed by atoms with Crippen molar-refractivity contribution in [2.75, 3.05) is 0 Å². The number of aromatic amines is 1. The average molecular weight is 294 g/mol. The predicted octanol–water partition coefficient (Wildman–Crippen LogP) is 4.63. The first-order valence-corrected chi connectivity index (χ1v) is 8.01. The third kappa shape index (κ3) is 2.22. The van der Waals surface area contributed by atoms with E-state index in [2.05, 4.69) is 52.0 Å². The van der Waals surface area contributed by atoms with Gasteiger partial charge in [-0.15, -0.1) is 0 Å². The Labute approximate surface area is 129 Å². The molecule has 4 rings (SSSR count). The molecule has 1 aliphatic carbocycles. The summed E-state index contributed by atoms with van der Waals surface area (Å²) in [6.07, 6.45) is 4.83. The summed E-state index contributed by atoms with van der Waals surface area (Å²) in [5.74, 6) is 0. The molecule has 21 heavy (non-hydrogen) atoms. The quantitative estimate of drug-likeness (QED) is 0.684. The highest BCUT2D eigenvalue weighted by Crippen LogP contribution is 2.24. The SMILES string of the molecule is S=c1[nH]c2c(n1Cc1cccc3ccccc13)CCCC2. The van der Waals surface area contributed by atoms with Gasteiger partial charge in [-0.1, -0.05) is 42.5 Å². The Bertz CT molecular complexity index is 852. The number of hydrogen-bond acceptors (Lipinski definition) is 1. The summed E-state index contributed by atoms with van der Waals surface area (Å²) < 4.78 is 3.17. The molecule has 3 aromatic rings. The van der Waals surface area contributed by atoms with Gasteiger partial charge in [-0.25, -0.2) is 0 Å². The van der Waals surface area contributed by atoms with E-state index in [1.165, 1.54) is 40.6 Å². The molecule has 0 radical (unpaired) electrons. The van der Waals surface area contributed by atoms with Crippen molar-refractivity contribution in [3.8, 4) is 0 Å². The molecule has 2 aromatic carbocycles. The lowest BCUT2D eigenvalue weighted by Crippen LogP contribution is -2.09. The van der Waals surface area contributed by atoms with Crippen molar-refractivity contribution in [3.05, 3.63) is 64.2 Å². The van der Waals surface area contributed by atoms with E-state index in [1.807, 2.05) is 0 Å². The maximum absolute atomic E-state index is 5.55. The van der Waals surface area contributed by atoms with Crippen LogP contribution in [-0.4, -0.2) is 9.55 Å². The number of nitrogens with zero attached hydrogens (tertiary/aromatic N) is 1. The highest BCUT2D eigenvalue weighted by molar-refractivity contribution is 7.71. The van der Waals surface area contributed by atoms with Crippen molar-refractivity contribution in [1.29, 1.82) is 0 Å². The summed E-state index contributed by atoms with van der Waals surface area (Å²) in [5.41, 5.74) is 4.11. The van der Waals surface area contributed by atoms with Crippen molar-refractivity contribution >= 4 is 23.0 Å². The second kappa shape index (κ2) is 5.15. The fourth-order valence-electron chi connectivity index (χ4n) is 3.41. The van der Waals surface area contributed by atoms with E-state index in [4.69, 9.17) is 12.2 Å². The Kier molecular flexibility index (Phi) is 3.15. The second-order valence-electron chi connectivity index (χ2n) is 5.79. The molecule has 2 nitrogen and oxygen atoms in total. The number of aryl methyl sites for hydroxylation is 1. The van der Waals surface area contributed by atoms with E-state index in [1.54, 1.807) is 0 Å². The summed E-state index contributed by atoms with van der Waals surface area (Å²) in [5, 5.41) is 2.62. The van der Waals surface area contributed by atoms with E-state index >= 15 is 0 Å². The van der Waals surface area contributed by atoms with Crippen molar-refractivity contribution in [3.63, 3.8) is 0 Å². The molecule has 0 aliphatic heterocycles. The highest BCUT2D eigenvalue weighted by atomic mass is 32.1. The normalized spacial score (nSPS) is 14.3. The van der Waals surface area contributed by atoms with Crippen LogP contribution >= 0.6 is 12.2 Å². The monoisotopic (exact) mass is 294 g/mol. The van der Waals surface area contributed by atoms with Gasteiger partial charge in [0.1, 0.15) is 0 Å². The number of rotatable bonds is 2. The van der Waals surface area contributed by atoms with Crippen LogP contribution in [0, 0.1) is 4.77 Å². The molecule has 0 atom stereocenters. The first-order chi connectivity index (χ1) is 10.3. The third-order valence-corrected chi connectivity index (χ3v) is 4.80. The molecular weight excluding hydrogens is 276 g/mol. The van der Waals surface area contributed by atoms with Crippen LogP contribution in [0.2, 0.25) is 0 Å². The summed E-state index contributed by atoms with van der Waals surface area (Å²) in [4.78, 5) is 3.41. The number of nitrogens with one attached hydrogen (secondary N) is 1. The zero-order chi connectivity index (χ0) is 14.2. The van der Waals surface area contributed by atoms with Crippen LogP contribution in [0.25, 0.3) is 10.8 Å². The molecule has 0 spiro atoms. The van der Waals surface area contributed by atoms with Crippen LogP contribution in [-0.2, 0) is 19.4 Å². The number of hydrogen-bond donors (Lipinski definition) is 1. The predicted molar refractivity (Wildman–Crippen MR) is 89.3 cm³/mol. The Balaban J connectivity index is 1.82. The lowest BCUT2D eigenvalue weighted by molar-refractivity contribution is 0.628. The second-order valence-corrected chi connectivity index (χ2v) is 6.17. The van der Waals surface area contributed by atoms with Crippen LogP contribution < -0.4 is 0 Å². The number of imidazole rings is 1. The topological polar surface area (TPSA) is 20.7 Å². The number of benzene rings is 2. The first-order valence-electron chi connectivity index (χ1n) is 7.60. The van der Waals surface area contributed by atoms with Gasteiger partial charge in [0.2, 0.25) is 0 Å². The minimum absolute atomic E-state index is 0.867. The molecule has 0 saturated carbocycles. The van der Waals surface area contributed by atoms with E-state index in [9.17, 15) is 0 Å². The maximum atomic E-state index is 5.55. The molecule has 0 amide bonds. The van der Waals surface area contributed by atoms with Crippen molar-refractivity contribution < 1.29 is 0 Å².